The minimum absolute atomic E-state index is 0.152. The Bertz CT molecular complexity index is 547. The van der Waals surface area contributed by atoms with Crippen LogP contribution in [0.4, 0.5) is 4.39 Å². The summed E-state index contributed by atoms with van der Waals surface area (Å²) in [6.07, 6.45) is 0.759. The van der Waals surface area contributed by atoms with Crippen molar-refractivity contribution in [3.8, 4) is 11.1 Å². The largest absolute Gasteiger partial charge is 0.207 e. The Labute approximate surface area is 112 Å². The summed E-state index contributed by atoms with van der Waals surface area (Å²) < 4.78 is 14.0. The first-order valence-electron chi connectivity index (χ1n) is 6.11. The lowest BCUT2D eigenvalue weighted by atomic mass is 9.98. The molecule has 0 unspecified atom stereocenters. The van der Waals surface area contributed by atoms with Gasteiger partial charge in [0, 0.05) is 10.6 Å². The molecule has 0 saturated heterocycles. The number of hydrogen-bond donors (Lipinski definition) is 0. The second-order valence-corrected chi connectivity index (χ2v) is 5.29. The molecule has 18 heavy (non-hydrogen) atoms. The fourth-order valence-corrected chi connectivity index (χ4v) is 2.26. The topological polar surface area (TPSA) is 0 Å². The van der Waals surface area contributed by atoms with Gasteiger partial charge in [-0.05, 0) is 35.6 Å². The quantitative estimate of drug-likeness (QED) is 0.700. The number of benzene rings is 2. The van der Waals surface area contributed by atoms with Gasteiger partial charge in [0.05, 0.1) is 0 Å². The van der Waals surface area contributed by atoms with Gasteiger partial charge in [0.2, 0.25) is 0 Å². The van der Waals surface area contributed by atoms with Gasteiger partial charge in [-0.1, -0.05) is 55.8 Å². The SMILES string of the molecule is CC(C)Cc1ccc(-c2ccccc2Cl)cc1F. The molecule has 0 aliphatic rings. The summed E-state index contributed by atoms with van der Waals surface area (Å²) in [6, 6.07) is 12.8. The predicted octanol–water partition coefficient (Wildman–Crippen LogP) is 5.34. The zero-order chi connectivity index (χ0) is 13.1. The van der Waals surface area contributed by atoms with Crippen LogP contribution >= 0.6 is 11.6 Å². The minimum Gasteiger partial charge on any atom is -0.207 e. The van der Waals surface area contributed by atoms with E-state index in [1.54, 1.807) is 6.07 Å². The third-order valence-corrected chi connectivity index (χ3v) is 3.20. The summed E-state index contributed by atoms with van der Waals surface area (Å²) in [5, 5.41) is 0.647. The summed E-state index contributed by atoms with van der Waals surface area (Å²) in [5.41, 5.74) is 2.46. The third kappa shape index (κ3) is 2.91. The first-order chi connectivity index (χ1) is 8.58. The van der Waals surface area contributed by atoms with E-state index in [-0.39, 0.29) is 5.82 Å². The van der Waals surface area contributed by atoms with Crippen LogP contribution in [0.3, 0.4) is 0 Å². The van der Waals surface area contributed by atoms with Gasteiger partial charge in [0.25, 0.3) is 0 Å². The van der Waals surface area contributed by atoms with Crippen molar-refractivity contribution in [3.63, 3.8) is 0 Å². The van der Waals surface area contributed by atoms with Crippen molar-refractivity contribution in [2.75, 3.05) is 0 Å². The molecule has 0 N–H and O–H groups in total. The Hall–Kier alpha value is -1.34. The van der Waals surface area contributed by atoms with Gasteiger partial charge in [0.15, 0.2) is 0 Å². The number of halogens is 2. The van der Waals surface area contributed by atoms with Crippen molar-refractivity contribution in [1.29, 1.82) is 0 Å². The molecular weight excluding hydrogens is 247 g/mol. The van der Waals surface area contributed by atoms with E-state index in [4.69, 9.17) is 11.6 Å². The Morgan fingerprint density at radius 2 is 1.83 bits per heavy atom. The monoisotopic (exact) mass is 262 g/mol. The average molecular weight is 263 g/mol. The first-order valence-corrected chi connectivity index (χ1v) is 6.49. The second kappa shape index (κ2) is 5.53. The van der Waals surface area contributed by atoms with Crippen molar-refractivity contribution in [3.05, 3.63) is 58.9 Å². The molecule has 2 rings (SSSR count). The molecule has 0 saturated carbocycles. The van der Waals surface area contributed by atoms with E-state index in [2.05, 4.69) is 13.8 Å². The van der Waals surface area contributed by atoms with Gasteiger partial charge in [-0.25, -0.2) is 4.39 Å². The minimum atomic E-state index is -0.152. The van der Waals surface area contributed by atoms with Crippen LogP contribution in [0.1, 0.15) is 19.4 Å². The fraction of sp³-hybridized carbons (Fsp3) is 0.250. The lowest BCUT2D eigenvalue weighted by Gasteiger charge is -2.09. The van der Waals surface area contributed by atoms with E-state index < -0.39 is 0 Å². The van der Waals surface area contributed by atoms with E-state index in [1.165, 1.54) is 0 Å². The highest BCUT2D eigenvalue weighted by Gasteiger charge is 2.08. The van der Waals surface area contributed by atoms with Crippen molar-refractivity contribution in [2.45, 2.75) is 20.3 Å². The molecule has 0 radical (unpaired) electrons. The Balaban J connectivity index is 2.38. The van der Waals surface area contributed by atoms with Crippen molar-refractivity contribution in [2.24, 2.45) is 5.92 Å². The number of hydrogen-bond acceptors (Lipinski definition) is 0. The van der Waals surface area contributed by atoms with E-state index in [9.17, 15) is 4.39 Å². The molecule has 0 aliphatic carbocycles. The van der Waals surface area contributed by atoms with Crippen molar-refractivity contribution < 1.29 is 4.39 Å². The first kappa shape index (κ1) is 13.1. The average Bonchev–Trinajstić information content (AvgIpc) is 2.32. The highest BCUT2D eigenvalue weighted by molar-refractivity contribution is 6.33. The molecule has 0 atom stereocenters. The van der Waals surface area contributed by atoms with E-state index in [1.807, 2.05) is 36.4 Å². The molecule has 94 valence electrons. The molecule has 0 heterocycles. The van der Waals surface area contributed by atoms with Crippen LogP contribution in [0.5, 0.6) is 0 Å². The third-order valence-electron chi connectivity index (χ3n) is 2.87. The zero-order valence-corrected chi connectivity index (χ0v) is 11.3. The Morgan fingerprint density at radius 3 is 2.44 bits per heavy atom. The summed E-state index contributed by atoms with van der Waals surface area (Å²) in [7, 11) is 0. The highest BCUT2D eigenvalue weighted by atomic mass is 35.5. The van der Waals surface area contributed by atoms with Gasteiger partial charge < -0.3 is 0 Å². The lowest BCUT2D eigenvalue weighted by Crippen LogP contribution is -1.97. The molecule has 0 nitrogen and oxygen atoms in total. The van der Waals surface area contributed by atoms with E-state index >= 15 is 0 Å². The number of rotatable bonds is 3. The van der Waals surface area contributed by atoms with Crippen molar-refractivity contribution >= 4 is 11.6 Å². The van der Waals surface area contributed by atoms with Gasteiger partial charge in [-0.3, -0.25) is 0 Å². The molecule has 2 aromatic carbocycles. The maximum absolute atomic E-state index is 14.0. The smallest absolute Gasteiger partial charge is 0.127 e. The predicted molar refractivity (Wildman–Crippen MR) is 75.4 cm³/mol. The highest BCUT2D eigenvalue weighted by Crippen LogP contribution is 2.29. The molecular formula is C16H16ClF. The molecule has 2 heteroatoms. The summed E-state index contributed by atoms with van der Waals surface area (Å²) in [4.78, 5) is 0. The second-order valence-electron chi connectivity index (χ2n) is 4.88. The van der Waals surface area contributed by atoms with Gasteiger partial charge >= 0.3 is 0 Å². The maximum atomic E-state index is 14.0. The summed E-state index contributed by atoms with van der Waals surface area (Å²) in [5.74, 6) is 0.298. The van der Waals surface area contributed by atoms with E-state index in [0.29, 0.717) is 10.9 Å². The summed E-state index contributed by atoms with van der Waals surface area (Å²) >= 11 is 6.11. The van der Waals surface area contributed by atoms with Crippen LogP contribution in [0.2, 0.25) is 5.02 Å². The van der Waals surface area contributed by atoms with Crippen LogP contribution in [0, 0.1) is 11.7 Å². The molecule has 0 amide bonds. The van der Waals surface area contributed by atoms with Crippen molar-refractivity contribution in [1.82, 2.24) is 0 Å². The van der Waals surface area contributed by atoms with Crippen LogP contribution in [0.25, 0.3) is 11.1 Å². The molecule has 0 aromatic heterocycles. The molecule has 0 aliphatic heterocycles. The zero-order valence-electron chi connectivity index (χ0n) is 10.6. The molecule has 0 spiro atoms. The Morgan fingerprint density at radius 1 is 1.11 bits per heavy atom. The molecule has 0 bridgehead atoms. The standard InChI is InChI=1S/C16H16ClF/c1-11(2)9-13-8-7-12(10-16(13)18)14-5-3-4-6-15(14)17/h3-8,10-11H,9H2,1-2H3. The van der Waals surface area contributed by atoms with Gasteiger partial charge in [0.1, 0.15) is 5.82 Å². The van der Waals surface area contributed by atoms with Crippen LogP contribution in [-0.2, 0) is 6.42 Å². The Kier molecular flexibility index (Phi) is 4.03. The lowest BCUT2D eigenvalue weighted by molar-refractivity contribution is 0.574. The van der Waals surface area contributed by atoms with Crippen LogP contribution in [-0.4, -0.2) is 0 Å². The normalized spacial score (nSPS) is 10.9. The van der Waals surface area contributed by atoms with Gasteiger partial charge in [-0.2, -0.15) is 0 Å². The molecule has 0 fully saturated rings. The maximum Gasteiger partial charge on any atom is 0.127 e. The summed E-state index contributed by atoms with van der Waals surface area (Å²) in [6.45, 7) is 4.17. The molecule has 2 aromatic rings. The van der Waals surface area contributed by atoms with Gasteiger partial charge in [-0.15, -0.1) is 0 Å². The van der Waals surface area contributed by atoms with E-state index in [0.717, 1.165) is 23.1 Å². The van der Waals surface area contributed by atoms with Crippen LogP contribution in [0.15, 0.2) is 42.5 Å². The fourth-order valence-electron chi connectivity index (χ4n) is 2.02. The van der Waals surface area contributed by atoms with Crippen LogP contribution < -0.4 is 0 Å².